The Morgan fingerprint density at radius 1 is 1.05 bits per heavy atom. The van der Waals surface area contributed by atoms with Gasteiger partial charge < -0.3 is 5.32 Å². The highest BCUT2D eigenvalue weighted by Crippen LogP contribution is 2.39. The second-order valence-electron chi connectivity index (χ2n) is 5.55. The van der Waals surface area contributed by atoms with E-state index >= 15 is 0 Å². The fourth-order valence-corrected chi connectivity index (χ4v) is 2.46. The van der Waals surface area contributed by atoms with E-state index in [1.165, 1.54) is 30.0 Å². The lowest BCUT2D eigenvalue weighted by Crippen LogP contribution is -2.12. The van der Waals surface area contributed by atoms with Crippen LogP contribution < -0.4 is 5.32 Å². The number of benzene rings is 2. The molecular weight excluding hydrogens is 264 g/mol. The predicted molar refractivity (Wildman–Crippen MR) is 82.1 cm³/mol. The summed E-state index contributed by atoms with van der Waals surface area (Å²) in [4.78, 5) is 10.4. The number of nitro groups is 1. The highest BCUT2D eigenvalue weighted by atomic mass is 16.6. The van der Waals surface area contributed by atoms with Crippen molar-refractivity contribution in [3.63, 3.8) is 0 Å². The van der Waals surface area contributed by atoms with Crippen LogP contribution in [0.3, 0.4) is 0 Å². The van der Waals surface area contributed by atoms with Crippen LogP contribution in [-0.4, -0.2) is 4.92 Å². The Morgan fingerprint density at radius 2 is 1.76 bits per heavy atom. The molecule has 0 heterocycles. The van der Waals surface area contributed by atoms with Gasteiger partial charge in [0.05, 0.1) is 4.92 Å². The lowest BCUT2D eigenvalue weighted by Gasteiger charge is -2.06. The predicted octanol–water partition coefficient (Wildman–Crippen LogP) is 3.76. The van der Waals surface area contributed by atoms with E-state index in [1.54, 1.807) is 12.1 Å². The summed E-state index contributed by atoms with van der Waals surface area (Å²) in [5.41, 5.74) is 3.75. The zero-order chi connectivity index (χ0) is 14.7. The Hall–Kier alpha value is -2.20. The number of nitrogens with zero attached hydrogens (tertiary/aromatic N) is 1. The van der Waals surface area contributed by atoms with E-state index in [0.717, 1.165) is 18.0 Å². The van der Waals surface area contributed by atoms with Crippen LogP contribution in [-0.2, 0) is 13.1 Å². The lowest BCUT2D eigenvalue weighted by atomic mass is 10.1. The molecular formula is C17H18N2O2. The maximum atomic E-state index is 10.7. The van der Waals surface area contributed by atoms with Gasteiger partial charge in [-0.05, 0) is 35.4 Å². The van der Waals surface area contributed by atoms with Gasteiger partial charge in [0.1, 0.15) is 0 Å². The minimum absolute atomic E-state index is 0.142. The minimum atomic E-state index is -0.361. The molecule has 1 aliphatic rings. The van der Waals surface area contributed by atoms with Gasteiger partial charge in [0.25, 0.3) is 5.69 Å². The van der Waals surface area contributed by atoms with Crippen LogP contribution in [0.4, 0.5) is 5.69 Å². The Kier molecular flexibility index (Phi) is 3.97. The molecule has 0 atom stereocenters. The van der Waals surface area contributed by atoms with Gasteiger partial charge >= 0.3 is 0 Å². The first-order valence-corrected chi connectivity index (χ1v) is 7.25. The number of nitro benzene ring substituents is 1. The van der Waals surface area contributed by atoms with Crippen molar-refractivity contribution in [1.29, 1.82) is 0 Å². The number of rotatable bonds is 6. The Labute approximate surface area is 124 Å². The average molecular weight is 282 g/mol. The Morgan fingerprint density at radius 3 is 2.43 bits per heavy atom. The maximum Gasteiger partial charge on any atom is 0.269 e. The van der Waals surface area contributed by atoms with Crippen LogP contribution in [0.1, 0.15) is 35.4 Å². The molecule has 2 aromatic carbocycles. The number of non-ortho nitro benzene ring substituents is 1. The van der Waals surface area contributed by atoms with Crippen molar-refractivity contribution in [3.05, 3.63) is 75.3 Å². The third-order valence-electron chi connectivity index (χ3n) is 3.81. The van der Waals surface area contributed by atoms with E-state index in [9.17, 15) is 10.1 Å². The summed E-state index contributed by atoms with van der Waals surface area (Å²) in [7, 11) is 0. The van der Waals surface area contributed by atoms with Crippen molar-refractivity contribution in [1.82, 2.24) is 5.32 Å². The van der Waals surface area contributed by atoms with E-state index < -0.39 is 0 Å². The zero-order valence-electron chi connectivity index (χ0n) is 11.8. The third-order valence-corrected chi connectivity index (χ3v) is 3.81. The first kappa shape index (κ1) is 13.8. The smallest absolute Gasteiger partial charge is 0.269 e. The lowest BCUT2D eigenvalue weighted by molar-refractivity contribution is -0.384. The van der Waals surface area contributed by atoms with Crippen LogP contribution in [0.2, 0.25) is 0 Å². The molecule has 0 radical (unpaired) electrons. The molecule has 2 aromatic rings. The summed E-state index contributed by atoms with van der Waals surface area (Å²) >= 11 is 0. The van der Waals surface area contributed by atoms with Gasteiger partial charge in [-0.25, -0.2) is 0 Å². The van der Waals surface area contributed by atoms with Crippen molar-refractivity contribution in [2.24, 2.45) is 0 Å². The second kappa shape index (κ2) is 6.06. The van der Waals surface area contributed by atoms with Gasteiger partial charge in [0.15, 0.2) is 0 Å². The number of hydrogen-bond acceptors (Lipinski definition) is 3. The molecule has 4 nitrogen and oxygen atoms in total. The summed E-state index contributed by atoms with van der Waals surface area (Å²) in [5, 5.41) is 14.1. The molecule has 0 saturated heterocycles. The van der Waals surface area contributed by atoms with Crippen LogP contribution in [0.5, 0.6) is 0 Å². The van der Waals surface area contributed by atoms with Crippen LogP contribution >= 0.6 is 0 Å². The molecule has 108 valence electrons. The average Bonchev–Trinajstić information content (AvgIpc) is 3.33. The minimum Gasteiger partial charge on any atom is -0.309 e. The molecule has 0 amide bonds. The zero-order valence-corrected chi connectivity index (χ0v) is 11.8. The van der Waals surface area contributed by atoms with Gasteiger partial charge in [-0.2, -0.15) is 0 Å². The van der Waals surface area contributed by atoms with Crippen LogP contribution in [0, 0.1) is 10.1 Å². The number of hydrogen-bond donors (Lipinski definition) is 1. The first-order chi connectivity index (χ1) is 10.2. The molecule has 1 aliphatic carbocycles. The SMILES string of the molecule is O=[N+]([O-])c1cccc(CNCc2ccc(C3CC3)cc2)c1. The topological polar surface area (TPSA) is 55.2 Å². The molecule has 0 unspecified atom stereocenters. The van der Waals surface area contributed by atoms with E-state index in [4.69, 9.17) is 0 Å². The van der Waals surface area contributed by atoms with E-state index in [2.05, 4.69) is 29.6 Å². The molecule has 4 heteroatoms. The summed E-state index contributed by atoms with van der Waals surface area (Å²) in [5.74, 6) is 0.789. The summed E-state index contributed by atoms with van der Waals surface area (Å²) < 4.78 is 0. The molecule has 3 rings (SSSR count). The molecule has 0 spiro atoms. The van der Waals surface area contributed by atoms with Gasteiger partial charge in [0.2, 0.25) is 0 Å². The molecule has 0 bridgehead atoms. The standard InChI is InChI=1S/C17H18N2O2/c20-19(21)17-3-1-2-14(10-17)12-18-11-13-4-6-15(7-5-13)16-8-9-16/h1-7,10,16,18H,8-9,11-12H2. The van der Waals surface area contributed by atoms with Crippen molar-refractivity contribution < 1.29 is 4.92 Å². The summed E-state index contributed by atoms with van der Waals surface area (Å²) in [6, 6.07) is 15.5. The molecule has 1 N–H and O–H groups in total. The van der Waals surface area contributed by atoms with Gasteiger partial charge in [-0.1, -0.05) is 36.4 Å². The van der Waals surface area contributed by atoms with Gasteiger partial charge in [-0.3, -0.25) is 10.1 Å². The fourth-order valence-electron chi connectivity index (χ4n) is 2.46. The molecule has 1 saturated carbocycles. The highest BCUT2D eigenvalue weighted by Gasteiger charge is 2.22. The Balaban J connectivity index is 1.53. The quantitative estimate of drug-likeness (QED) is 0.648. The largest absolute Gasteiger partial charge is 0.309 e. The molecule has 0 aromatic heterocycles. The van der Waals surface area contributed by atoms with Crippen molar-refractivity contribution >= 4 is 5.69 Å². The van der Waals surface area contributed by atoms with E-state index in [0.29, 0.717) is 6.54 Å². The van der Waals surface area contributed by atoms with E-state index in [1.807, 2.05) is 6.07 Å². The molecule has 1 fully saturated rings. The second-order valence-corrected chi connectivity index (χ2v) is 5.55. The van der Waals surface area contributed by atoms with Crippen molar-refractivity contribution in [2.75, 3.05) is 0 Å². The fraction of sp³-hybridized carbons (Fsp3) is 0.294. The Bertz CT molecular complexity index is 633. The molecule has 21 heavy (non-hydrogen) atoms. The van der Waals surface area contributed by atoms with Gasteiger partial charge in [0, 0.05) is 25.2 Å². The third kappa shape index (κ3) is 3.67. The van der Waals surface area contributed by atoms with Crippen molar-refractivity contribution in [3.8, 4) is 0 Å². The normalized spacial score (nSPS) is 14.1. The van der Waals surface area contributed by atoms with E-state index in [-0.39, 0.29) is 10.6 Å². The highest BCUT2D eigenvalue weighted by molar-refractivity contribution is 5.34. The van der Waals surface area contributed by atoms with Crippen LogP contribution in [0.25, 0.3) is 0 Å². The molecule has 0 aliphatic heterocycles. The number of nitrogens with one attached hydrogen (secondary N) is 1. The summed E-state index contributed by atoms with van der Waals surface area (Å²) in [6.45, 7) is 1.40. The van der Waals surface area contributed by atoms with Gasteiger partial charge in [-0.15, -0.1) is 0 Å². The van der Waals surface area contributed by atoms with Crippen LogP contribution in [0.15, 0.2) is 48.5 Å². The first-order valence-electron chi connectivity index (χ1n) is 7.25. The monoisotopic (exact) mass is 282 g/mol. The summed E-state index contributed by atoms with van der Waals surface area (Å²) in [6.07, 6.45) is 2.65. The maximum absolute atomic E-state index is 10.7. The van der Waals surface area contributed by atoms with Crippen molar-refractivity contribution in [2.45, 2.75) is 31.8 Å².